The maximum atomic E-state index is 12.1. The highest BCUT2D eigenvalue weighted by atomic mass is 32.2. The molecule has 9 heteroatoms. The van der Waals surface area contributed by atoms with Crippen LogP contribution in [0.25, 0.3) is 10.2 Å². The maximum Gasteiger partial charge on any atom is 0.236 e. The number of aryl methyl sites for hydroxylation is 1. The number of amides is 2. The smallest absolute Gasteiger partial charge is 0.236 e. The molecule has 3 aromatic rings. The Hall–Kier alpha value is -2.52. The number of rotatable bonds is 6. The van der Waals surface area contributed by atoms with Crippen molar-refractivity contribution in [3.63, 3.8) is 0 Å². The van der Waals surface area contributed by atoms with Crippen LogP contribution in [-0.4, -0.2) is 32.7 Å². The van der Waals surface area contributed by atoms with Gasteiger partial charge in [0.05, 0.1) is 16.0 Å². The third-order valence-corrected chi connectivity index (χ3v) is 5.41. The maximum absolute atomic E-state index is 12.1. The molecule has 2 N–H and O–H groups in total. The normalized spacial score (nSPS) is 11.0. The summed E-state index contributed by atoms with van der Waals surface area (Å²) in [5, 5.41) is 14.6. The lowest BCUT2D eigenvalue weighted by molar-refractivity contribution is -0.119. The number of benzene rings is 1. The predicted octanol–water partition coefficient (Wildman–Crippen LogP) is 3.72. The SMILES string of the molecule is Cc1ccc2nc(NC(=O)CSc3ccc(NC(=O)C(C)C)nn3)sc2c1. The van der Waals surface area contributed by atoms with Crippen LogP contribution in [0, 0.1) is 12.8 Å². The highest BCUT2D eigenvalue weighted by molar-refractivity contribution is 7.99. The number of nitrogens with zero attached hydrogens (tertiary/aromatic N) is 3. The molecule has 0 spiro atoms. The van der Waals surface area contributed by atoms with Gasteiger partial charge in [-0.3, -0.25) is 9.59 Å². The van der Waals surface area contributed by atoms with Gasteiger partial charge in [-0.25, -0.2) is 4.98 Å². The number of thiazole rings is 1. The van der Waals surface area contributed by atoms with Gasteiger partial charge in [0.25, 0.3) is 0 Å². The summed E-state index contributed by atoms with van der Waals surface area (Å²) in [6, 6.07) is 9.38. The molecule has 0 aliphatic heterocycles. The molecular weight excluding hydrogens is 382 g/mol. The Bertz CT molecular complexity index is 970. The fourth-order valence-electron chi connectivity index (χ4n) is 2.11. The Morgan fingerprint density at radius 1 is 1.15 bits per heavy atom. The Morgan fingerprint density at radius 3 is 2.67 bits per heavy atom. The molecular formula is C18H19N5O2S2. The van der Waals surface area contributed by atoms with Crippen molar-refractivity contribution in [1.82, 2.24) is 15.2 Å². The van der Waals surface area contributed by atoms with Crippen molar-refractivity contribution >= 4 is 56.1 Å². The third kappa shape index (κ3) is 5.24. The van der Waals surface area contributed by atoms with Gasteiger partial charge in [0, 0.05) is 5.92 Å². The van der Waals surface area contributed by atoms with Crippen LogP contribution in [0.15, 0.2) is 35.4 Å². The van der Waals surface area contributed by atoms with Crippen LogP contribution in [-0.2, 0) is 9.59 Å². The van der Waals surface area contributed by atoms with Crippen molar-refractivity contribution < 1.29 is 9.59 Å². The van der Waals surface area contributed by atoms with E-state index in [9.17, 15) is 9.59 Å². The molecule has 3 rings (SSSR count). The van der Waals surface area contributed by atoms with Gasteiger partial charge >= 0.3 is 0 Å². The molecule has 1 aromatic carbocycles. The molecule has 0 aliphatic carbocycles. The summed E-state index contributed by atoms with van der Waals surface area (Å²) in [4.78, 5) is 28.2. The van der Waals surface area contributed by atoms with Gasteiger partial charge in [-0.05, 0) is 36.8 Å². The highest BCUT2D eigenvalue weighted by Gasteiger charge is 2.11. The largest absolute Gasteiger partial charge is 0.309 e. The number of carbonyl (C=O) groups is 2. The number of fused-ring (bicyclic) bond motifs is 1. The highest BCUT2D eigenvalue weighted by Crippen LogP contribution is 2.27. The molecule has 0 unspecified atom stereocenters. The molecule has 0 atom stereocenters. The van der Waals surface area contributed by atoms with Crippen LogP contribution in [0.2, 0.25) is 0 Å². The Labute approximate surface area is 165 Å². The topological polar surface area (TPSA) is 96.9 Å². The predicted molar refractivity (Wildman–Crippen MR) is 109 cm³/mol. The summed E-state index contributed by atoms with van der Waals surface area (Å²) < 4.78 is 1.04. The molecule has 2 aromatic heterocycles. The van der Waals surface area contributed by atoms with E-state index < -0.39 is 0 Å². The number of nitrogens with one attached hydrogen (secondary N) is 2. The van der Waals surface area contributed by atoms with Crippen molar-refractivity contribution in [1.29, 1.82) is 0 Å². The van der Waals surface area contributed by atoms with E-state index in [1.165, 1.54) is 23.1 Å². The molecule has 0 saturated carbocycles. The minimum absolute atomic E-state index is 0.116. The average molecular weight is 402 g/mol. The number of hydrogen-bond donors (Lipinski definition) is 2. The molecule has 2 heterocycles. The monoisotopic (exact) mass is 401 g/mol. The lowest BCUT2D eigenvalue weighted by Crippen LogP contribution is -2.18. The number of carbonyl (C=O) groups excluding carboxylic acids is 2. The average Bonchev–Trinajstić information content (AvgIpc) is 3.02. The molecule has 7 nitrogen and oxygen atoms in total. The minimum Gasteiger partial charge on any atom is -0.309 e. The quantitative estimate of drug-likeness (QED) is 0.611. The molecule has 0 aliphatic rings. The number of aromatic nitrogens is 3. The van der Waals surface area contributed by atoms with E-state index in [0.717, 1.165) is 15.8 Å². The van der Waals surface area contributed by atoms with Crippen LogP contribution in [0.5, 0.6) is 0 Å². The van der Waals surface area contributed by atoms with Gasteiger partial charge in [-0.1, -0.05) is 43.0 Å². The Kier molecular flexibility index (Phi) is 6.02. The number of hydrogen-bond acceptors (Lipinski definition) is 7. The van der Waals surface area contributed by atoms with Gasteiger partial charge in [-0.15, -0.1) is 10.2 Å². The molecule has 140 valence electrons. The second kappa shape index (κ2) is 8.45. The first kappa shape index (κ1) is 19.2. The first-order valence-corrected chi connectivity index (χ1v) is 10.2. The van der Waals surface area contributed by atoms with E-state index in [2.05, 4.69) is 25.8 Å². The molecule has 2 amide bonds. The van der Waals surface area contributed by atoms with E-state index in [4.69, 9.17) is 0 Å². The van der Waals surface area contributed by atoms with Gasteiger partial charge in [0.2, 0.25) is 11.8 Å². The fraction of sp³-hybridized carbons (Fsp3) is 0.278. The summed E-state index contributed by atoms with van der Waals surface area (Å²) in [5.41, 5.74) is 2.03. The van der Waals surface area contributed by atoms with Crippen molar-refractivity contribution in [2.24, 2.45) is 5.92 Å². The number of thioether (sulfide) groups is 1. The van der Waals surface area contributed by atoms with E-state index in [-0.39, 0.29) is 23.5 Å². The fourth-order valence-corrected chi connectivity index (χ4v) is 3.71. The minimum atomic E-state index is -0.158. The molecule has 27 heavy (non-hydrogen) atoms. The van der Waals surface area contributed by atoms with Crippen LogP contribution >= 0.6 is 23.1 Å². The number of anilines is 2. The first-order valence-electron chi connectivity index (χ1n) is 8.35. The standard InChI is InChI=1S/C18H19N5O2S2/c1-10(2)17(25)20-14-6-7-16(23-22-14)26-9-15(24)21-18-19-12-5-4-11(3)8-13(12)27-18/h4-8,10H,9H2,1-3H3,(H,19,21,24)(H,20,22,25). The second-order valence-corrected chi connectivity index (χ2v) is 8.25. The Balaban J connectivity index is 1.53. The van der Waals surface area contributed by atoms with Crippen molar-refractivity contribution in [3.8, 4) is 0 Å². The van der Waals surface area contributed by atoms with Gasteiger partial charge in [0.15, 0.2) is 10.9 Å². The zero-order chi connectivity index (χ0) is 19.4. The lowest BCUT2D eigenvalue weighted by atomic mass is 10.2. The lowest BCUT2D eigenvalue weighted by Gasteiger charge is -2.06. The van der Waals surface area contributed by atoms with Crippen LogP contribution in [0.1, 0.15) is 19.4 Å². The molecule has 0 radical (unpaired) electrons. The summed E-state index contributed by atoms with van der Waals surface area (Å²) in [5.74, 6) is 0.189. The summed E-state index contributed by atoms with van der Waals surface area (Å²) >= 11 is 2.72. The van der Waals surface area contributed by atoms with Crippen LogP contribution < -0.4 is 10.6 Å². The van der Waals surface area contributed by atoms with E-state index in [1.54, 1.807) is 26.0 Å². The van der Waals surface area contributed by atoms with Crippen molar-refractivity contribution in [2.75, 3.05) is 16.4 Å². The third-order valence-electron chi connectivity index (χ3n) is 3.56. The van der Waals surface area contributed by atoms with E-state index in [1.807, 2.05) is 25.1 Å². The first-order chi connectivity index (χ1) is 12.9. The van der Waals surface area contributed by atoms with Crippen molar-refractivity contribution in [2.45, 2.75) is 25.8 Å². The summed E-state index contributed by atoms with van der Waals surface area (Å²) in [6.07, 6.45) is 0. The Morgan fingerprint density at radius 2 is 1.96 bits per heavy atom. The summed E-state index contributed by atoms with van der Waals surface area (Å²) in [6.45, 7) is 5.63. The van der Waals surface area contributed by atoms with Gasteiger partial charge in [0.1, 0.15) is 5.03 Å². The molecule has 0 saturated heterocycles. The van der Waals surface area contributed by atoms with Crippen LogP contribution in [0.4, 0.5) is 10.9 Å². The van der Waals surface area contributed by atoms with Crippen LogP contribution in [0.3, 0.4) is 0 Å². The molecule has 0 fully saturated rings. The van der Waals surface area contributed by atoms with Gasteiger partial charge in [-0.2, -0.15) is 0 Å². The van der Waals surface area contributed by atoms with E-state index >= 15 is 0 Å². The molecule has 0 bridgehead atoms. The summed E-state index contributed by atoms with van der Waals surface area (Å²) in [7, 11) is 0. The zero-order valence-corrected chi connectivity index (χ0v) is 16.8. The van der Waals surface area contributed by atoms with Crippen molar-refractivity contribution in [3.05, 3.63) is 35.9 Å². The van der Waals surface area contributed by atoms with E-state index in [0.29, 0.717) is 16.0 Å². The zero-order valence-electron chi connectivity index (χ0n) is 15.1. The second-order valence-electron chi connectivity index (χ2n) is 6.23. The van der Waals surface area contributed by atoms with Gasteiger partial charge < -0.3 is 10.6 Å².